The van der Waals surface area contributed by atoms with Gasteiger partial charge in [0, 0.05) is 24.0 Å². The molecule has 1 amide bonds. The van der Waals surface area contributed by atoms with Crippen LogP contribution in [-0.4, -0.2) is 23.7 Å². The van der Waals surface area contributed by atoms with Crippen LogP contribution in [0.1, 0.15) is 37.5 Å². The molecule has 0 fully saturated rings. The fourth-order valence-electron chi connectivity index (χ4n) is 4.37. The number of amides is 1. The van der Waals surface area contributed by atoms with Gasteiger partial charge in [-0.2, -0.15) is 5.26 Å². The summed E-state index contributed by atoms with van der Waals surface area (Å²) in [4.78, 5) is 30.8. The first kappa shape index (κ1) is 22.1. The van der Waals surface area contributed by atoms with Crippen molar-refractivity contribution in [2.24, 2.45) is 0 Å². The highest BCUT2D eigenvalue weighted by molar-refractivity contribution is 6.08. The third-order valence-electron chi connectivity index (χ3n) is 6.08. The van der Waals surface area contributed by atoms with Crippen molar-refractivity contribution in [1.82, 2.24) is 4.98 Å². The molecule has 1 aliphatic heterocycles. The average Bonchev–Trinajstić information content (AvgIpc) is 3.36. The lowest BCUT2D eigenvalue weighted by atomic mass is 9.98. The third kappa shape index (κ3) is 4.40. The molecule has 0 saturated heterocycles. The normalized spacial score (nSPS) is 12.0. The van der Waals surface area contributed by atoms with Crippen LogP contribution >= 0.6 is 0 Å². The van der Waals surface area contributed by atoms with Gasteiger partial charge >= 0.3 is 0 Å². The molecule has 0 unspecified atom stereocenters. The molecule has 0 atom stereocenters. The van der Waals surface area contributed by atoms with E-state index in [-0.39, 0.29) is 18.2 Å². The summed E-state index contributed by atoms with van der Waals surface area (Å²) < 4.78 is 5.87. The van der Waals surface area contributed by atoms with E-state index in [0.717, 1.165) is 34.4 Å². The summed E-state index contributed by atoms with van der Waals surface area (Å²) in [6.45, 7) is 0.722. The van der Waals surface area contributed by atoms with Gasteiger partial charge in [-0.25, -0.2) is 4.98 Å². The van der Waals surface area contributed by atoms with E-state index in [0.29, 0.717) is 29.7 Å². The van der Waals surface area contributed by atoms with Gasteiger partial charge in [-0.15, -0.1) is 0 Å². The summed E-state index contributed by atoms with van der Waals surface area (Å²) in [5, 5.41) is 9.04. The number of hydrogen-bond acceptors (Lipinski definition) is 5. The molecule has 3 aromatic carbocycles. The van der Waals surface area contributed by atoms with Crippen LogP contribution in [0.2, 0.25) is 0 Å². The van der Waals surface area contributed by atoms with Crippen molar-refractivity contribution in [2.45, 2.75) is 13.0 Å². The SMILES string of the molecule is N#Cc1cc(COc2cc(C(=O)N3CCc4c(-c5ccccc5)cccc43)ccc2C=O)ccn1. The summed E-state index contributed by atoms with van der Waals surface area (Å²) in [6, 6.07) is 26.4. The van der Waals surface area contributed by atoms with Crippen molar-refractivity contribution in [3.8, 4) is 22.9 Å². The van der Waals surface area contributed by atoms with E-state index < -0.39 is 0 Å². The first-order valence-electron chi connectivity index (χ1n) is 11.2. The lowest BCUT2D eigenvalue weighted by Gasteiger charge is -2.19. The number of rotatable bonds is 6. The molecule has 35 heavy (non-hydrogen) atoms. The van der Waals surface area contributed by atoms with E-state index in [2.05, 4.69) is 23.2 Å². The minimum absolute atomic E-state index is 0.142. The maximum Gasteiger partial charge on any atom is 0.258 e. The van der Waals surface area contributed by atoms with E-state index in [4.69, 9.17) is 10.00 Å². The summed E-state index contributed by atoms with van der Waals surface area (Å²) in [5.41, 5.74) is 6.13. The standard InChI is InChI=1S/C29H21N3O3/c30-17-24-15-20(11-13-31-24)19-35-28-16-22(9-10-23(28)18-33)29(34)32-14-12-26-25(7-4-8-27(26)32)21-5-2-1-3-6-21/h1-11,13,15-16,18H,12,14,19H2. The molecular formula is C29H21N3O3. The Labute approximate surface area is 203 Å². The van der Waals surface area contributed by atoms with Gasteiger partial charge in [0.1, 0.15) is 24.1 Å². The van der Waals surface area contributed by atoms with Gasteiger partial charge < -0.3 is 9.64 Å². The topological polar surface area (TPSA) is 83.3 Å². The van der Waals surface area contributed by atoms with Gasteiger partial charge in [0.15, 0.2) is 6.29 Å². The summed E-state index contributed by atoms with van der Waals surface area (Å²) >= 11 is 0. The fraction of sp³-hybridized carbons (Fsp3) is 0.103. The zero-order valence-corrected chi connectivity index (χ0v) is 18.8. The minimum atomic E-state index is -0.146. The number of fused-ring (bicyclic) bond motifs is 1. The predicted molar refractivity (Wildman–Crippen MR) is 132 cm³/mol. The number of benzene rings is 3. The van der Waals surface area contributed by atoms with Crippen molar-refractivity contribution < 1.29 is 14.3 Å². The largest absolute Gasteiger partial charge is 0.488 e. The van der Waals surface area contributed by atoms with E-state index >= 15 is 0 Å². The lowest BCUT2D eigenvalue weighted by Crippen LogP contribution is -2.28. The Balaban J connectivity index is 1.41. The van der Waals surface area contributed by atoms with Crippen molar-refractivity contribution >= 4 is 17.9 Å². The van der Waals surface area contributed by atoms with E-state index in [1.807, 2.05) is 36.4 Å². The van der Waals surface area contributed by atoms with Crippen LogP contribution < -0.4 is 9.64 Å². The Morgan fingerprint density at radius 1 is 1.06 bits per heavy atom. The number of carbonyl (C=O) groups excluding carboxylic acids is 2. The number of nitrogens with zero attached hydrogens (tertiary/aromatic N) is 3. The predicted octanol–water partition coefficient (Wildman–Crippen LogP) is 5.21. The minimum Gasteiger partial charge on any atom is -0.488 e. The molecule has 0 spiro atoms. The van der Waals surface area contributed by atoms with Crippen LogP contribution in [0.25, 0.3) is 11.1 Å². The van der Waals surface area contributed by atoms with Crippen LogP contribution in [0.5, 0.6) is 5.75 Å². The molecule has 5 rings (SSSR count). The van der Waals surface area contributed by atoms with Crippen molar-refractivity contribution in [2.75, 3.05) is 11.4 Å². The summed E-state index contributed by atoms with van der Waals surface area (Å²) in [6.07, 6.45) is 3.01. The number of ether oxygens (including phenoxy) is 1. The van der Waals surface area contributed by atoms with Crippen molar-refractivity contribution in [3.05, 3.63) is 113 Å². The third-order valence-corrected chi connectivity index (χ3v) is 6.08. The number of hydrogen-bond donors (Lipinski definition) is 0. The Bertz CT molecular complexity index is 1460. The second-order valence-corrected chi connectivity index (χ2v) is 8.20. The van der Waals surface area contributed by atoms with Gasteiger partial charge in [-0.3, -0.25) is 9.59 Å². The van der Waals surface area contributed by atoms with Crippen LogP contribution in [0.15, 0.2) is 85.1 Å². The molecule has 6 nitrogen and oxygen atoms in total. The lowest BCUT2D eigenvalue weighted by molar-refractivity contribution is 0.0987. The number of carbonyl (C=O) groups is 2. The zero-order chi connectivity index (χ0) is 24.2. The fourth-order valence-corrected chi connectivity index (χ4v) is 4.37. The Morgan fingerprint density at radius 2 is 1.91 bits per heavy atom. The monoisotopic (exact) mass is 459 g/mol. The Kier molecular flexibility index (Phi) is 6.06. The first-order valence-corrected chi connectivity index (χ1v) is 11.2. The average molecular weight is 460 g/mol. The quantitative estimate of drug-likeness (QED) is 0.370. The van der Waals surface area contributed by atoms with Crippen LogP contribution in [0.4, 0.5) is 5.69 Å². The smallest absolute Gasteiger partial charge is 0.258 e. The van der Waals surface area contributed by atoms with Crippen molar-refractivity contribution in [3.63, 3.8) is 0 Å². The maximum absolute atomic E-state index is 13.5. The van der Waals surface area contributed by atoms with E-state index in [1.54, 1.807) is 35.2 Å². The number of aromatic nitrogens is 1. The molecular weight excluding hydrogens is 438 g/mol. The van der Waals surface area contributed by atoms with Gasteiger partial charge in [0.2, 0.25) is 0 Å². The molecule has 0 saturated carbocycles. The van der Waals surface area contributed by atoms with E-state index in [1.165, 1.54) is 6.20 Å². The molecule has 1 aliphatic rings. The second-order valence-electron chi connectivity index (χ2n) is 8.20. The molecule has 0 bridgehead atoms. The molecule has 170 valence electrons. The summed E-state index contributed by atoms with van der Waals surface area (Å²) in [7, 11) is 0. The molecule has 0 N–H and O–H groups in total. The summed E-state index contributed by atoms with van der Waals surface area (Å²) in [5.74, 6) is 0.172. The Hall–Kier alpha value is -4.76. The maximum atomic E-state index is 13.5. The highest BCUT2D eigenvalue weighted by Gasteiger charge is 2.28. The van der Waals surface area contributed by atoms with Gasteiger partial charge in [-0.05, 0) is 65.1 Å². The first-order chi connectivity index (χ1) is 17.2. The van der Waals surface area contributed by atoms with Crippen LogP contribution in [-0.2, 0) is 13.0 Å². The highest BCUT2D eigenvalue weighted by atomic mass is 16.5. The van der Waals surface area contributed by atoms with E-state index in [9.17, 15) is 9.59 Å². The molecule has 0 radical (unpaired) electrons. The second kappa shape index (κ2) is 9.62. The van der Waals surface area contributed by atoms with Gasteiger partial charge in [0.25, 0.3) is 5.91 Å². The van der Waals surface area contributed by atoms with Crippen LogP contribution in [0, 0.1) is 11.3 Å². The Morgan fingerprint density at radius 3 is 2.71 bits per heavy atom. The molecule has 2 heterocycles. The highest BCUT2D eigenvalue weighted by Crippen LogP contribution is 2.37. The molecule has 4 aromatic rings. The molecule has 6 heteroatoms. The zero-order valence-electron chi connectivity index (χ0n) is 18.8. The number of nitriles is 1. The van der Waals surface area contributed by atoms with Gasteiger partial charge in [0.05, 0.1) is 5.56 Å². The number of anilines is 1. The van der Waals surface area contributed by atoms with Crippen molar-refractivity contribution in [1.29, 1.82) is 5.26 Å². The molecule has 1 aromatic heterocycles. The number of aldehydes is 1. The molecule has 0 aliphatic carbocycles. The van der Waals surface area contributed by atoms with Crippen LogP contribution in [0.3, 0.4) is 0 Å². The van der Waals surface area contributed by atoms with Gasteiger partial charge in [-0.1, -0.05) is 42.5 Å². The number of pyridine rings is 1.